The van der Waals surface area contributed by atoms with Crippen molar-refractivity contribution in [1.29, 1.82) is 0 Å². The highest BCUT2D eigenvalue weighted by Gasteiger charge is 2.21. The number of nitrogens with zero attached hydrogens (tertiary/aromatic N) is 1. The average Bonchev–Trinajstić information content (AvgIpc) is 3.19. The molecule has 0 bridgehead atoms. The Morgan fingerprint density at radius 1 is 1.32 bits per heavy atom. The van der Waals surface area contributed by atoms with Crippen molar-refractivity contribution in [2.45, 2.75) is 32.4 Å². The van der Waals surface area contributed by atoms with Crippen molar-refractivity contribution in [2.75, 3.05) is 7.11 Å². The second-order valence-corrected chi connectivity index (χ2v) is 5.99. The minimum absolute atomic E-state index is 0.730. The number of hydrogen-bond acceptors (Lipinski definition) is 4. The quantitative estimate of drug-likeness (QED) is 0.907. The van der Waals surface area contributed by atoms with Crippen LogP contribution in [0.3, 0.4) is 0 Å². The monoisotopic (exact) mass is 274 g/mol. The highest BCUT2D eigenvalue weighted by Crippen LogP contribution is 2.31. The SMILES string of the molecule is COc1ccc(-c2sc(CNC3CC3)nc2C)cc1. The number of nitrogens with one attached hydrogen (secondary N) is 1. The van der Waals surface area contributed by atoms with Crippen LogP contribution in [0.25, 0.3) is 10.4 Å². The smallest absolute Gasteiger partial charge is 0.118 e. The molecule has 3 rings (SSSR count). The number of methoxy groups -OCH3 is 1. The third kappa shape index (κ3) is 2.96. The number of aromatic nitrogens is 1. The van der Waals surface area contributed by atoms with Gasteiger partial charge in [-0.1, -0.05) is 0 Å². The van der Waals surface area contributed by atoms with E-state index in [-0.39, 0.29) is 0 Å². The molecule has 2 aromatic rings. The van der Waals surface area contributed by atoms with Gasteiger partial charge in [0.15, 0.2) is 0 Å². The molecule has 4 heteroatoms. The van der Waals surface area contributed by atoms with Gasteiger partial charge in [0.2, 0.25) is 0 Å². The van der Waals surface area contributed by atoms with E-state index in [1.54, 1.807) is 18.4 Å². The number of thiazole rings is 1. The van der Waals surface area contributed by atoms with E-state index in [4.69, 9.17) is 4.74 Å². The van der Waals surface area contributed by atoms with E-state index in [2.05, 4.69) is 29.4 Å². The number of rotatable bonds is 5. The lowest BCUT2D eigenvalue weighted by atomic mass is 10.1. The number of benzene rings is 1. The molecule has 1 heterocycles. The van der Waals surface area contributed by atoms with Crippen molar-refractivity contribution in [2.24, 2.45) is 0 Å². The first-order chi connectivity index (χ1) is 9.26. The molecule has 19 heavy (non-hydrogen) atoms. The molecule has 3 nitrogen and oxygen atoms in total. The van der Waals surface area contributed by atoms with Crippen molar-refractivity contribution in [1.82, 2.24) is 10.3 Å². The summed E-state index contributed by atoms with van der Waals surface area (Å²) in [5.74, 6) is 0.890. The van der Waals surface area contributed by atoms with Gasteiger partial charge in [-0.25, -0.2) is 4.98 Å². The van der Waals surface area contributed by atoms with Gasteiger partial charge in [0, 0.05) is 12.6 Å². The predicted molar refractivity (Wildman–Crippen MR) is 78.7 cm³/mol. The molecular weight excluding hydrogens is 256 g/mol. The molecule has 0 saturated heterocycles. The first-order valence-electron chi connectivity index (χ1n) is 6.60. The molecular formula is C15H18N2OS. The summed E-state index contributed by atoms with van der Waals surface area (Å²) in [7, 11) is 1.69. The lowest BCUT2D eigenvalue weighted by Crippen LogP contribution is -2.14. The van der Waals surface area contributed by atoms with E-state index >= 15 is 0 Å². The fourth-order valence-electron chi connectivity index (χ4n) is 2.06. The maximum absolute atomic E-state index is 5.19. The summed E-state index contributed by atoms with van der Waals surface area (Å²) in [6.07, 6.45) is 2.63. The topological polar surface area (TPSA) is 34.1 Å². The molecule has 1 fully saturated rings. The van der Waals surface area contributed by atoms with Crippen LogP contribution in [0.2, 0.25) is 0 Å². The number of ether oxygens (including phenoxy) is 1. The normalized spacial score (nSPS) is 14.6. The van der Waals surface area contributed by atoms with Crippen LogP contribution in [0, 0.1) is 6.92 Å². The van der Waals surface area contributed by atoms with Crippen molar-refractivity contribution in [3.8, 4) is 16.2 Å². The first-order valence-corrected chi connectivity index (χ1v) is 7.42. The zero-order valence-corrected chi connectivity index (χ0v) is 12.1. The molecule has 0 amide bonds. The Kier molecular flexibility index (Phi) is 3.53. The number of hydrogen-bond donors (Lipinski definition) is 1. The minimum Gasteiger partial charge on any atom is -0.497 e. The highest BCUT2D eigenvalue weighted by molar-refractivity contribution is 7.15. The van der Waals surface area contributed by atoms with E-state index in [0.29, 0.717) is 0 Å². The molecule has 1 N–H and O–H groups in total. The Hall–Kier alpha value is -1.39. The molecule has 0 aliphatic heterocycles. The van der Waals surface area contributed by atoms with E-state index in [1.165, 1.54) is 28.3 Å². The molecule has 0 radical (unpaired) electrons. The van der Waals surface area contributed by atoms with Gasteiger partial charge in [-0.3, -0.25) is 0 Å². The van der Waals surface area contributed by atoms with Crippen LogP contribution in [0.4, 0.5) is 0 Å². The molecule has 1 aliphatic rings. The molecule has 100 valence electrons. The molecule has 1 aromatic heterocycles. The van der Waals surface area contributed by atoms with Crippen LogP contribution in [0.5, 0.6) is 5.75 Å². The highest BCUT2D eigenvalue weighted by atomic mass is 32.1. The summed E-state index contributed by atoms with van der Waals surface area (Å²) < 4.78 is 5.19. The van der Waals surface area contributed by atoms with Crippen LogP contribution >= 0.6 is 11.3 Å². The van der Waals surface area contributed by atoms with Crippen LogP contribution in [0.15, 0.2) is 24.3 Å². The fourth-order valence-corrected chi connectivity index (χ4v) is 3.08. The summed E-state index contributed by atoms with van der Waals surface area (Å²) in [6, 6.07) is 8.91. The van der Waals surface area contributed by atoms with Gasteiger partial charge in [0.1, 0.15) is 10.8 Å². The summed E-state index contributed by atoms with van der Waals surface area (Å²) in [4.78, 5) is 5.91. The lowest BCUT2D eigenvalue weighted by molar-refractivity contribution is 0.415. The zero-order chi connectivity index (χ0) is 13.2. The third-order valence-corrected chi connectivity index (χ3v) is 4.52. The van der Waals surface area contributed by atoms with Gasteiger partial charge in [-0.05, 0) is 49.6 Å². The minimum atomic E-state index is 0.730. The van der Waals surface area contributed by atoms with Crippen LogP contribution in [0.1, 0.15) is 23.5 Å². The molecule has 1 saturated carbocycles. The van der Waals surface area contributed by atoms with Gasteiger partial charge < -0.3 is 10.1 Å². The van der Waals surface area contributed by atoms with Crippen LogP contribution in [-0.2, 0) is 6.54 Å². The van der Waals surface area contributed by atoms with E-state index in [1.807, 2.05) is 12.1 Å². The van der Waals surface area contributed by atoms with Gasteiger partial charge in [0.25, 0.3) is 0 Å². The van der Waals surface area contributed by atoms with Crippen LogP contribution in [-0.4, -0.2) is 18.1 Å². The van der Waals surface area contributed by atoms with Crippen molar-refractivity contribution in [3.05, 3.63) is 35.0 Å². The second-order valence-electron chi connectivity index (χ2n) is 4.91. The predicted octanol–water partition coefficient (Wildman–Crippen LogP) is 3.38. The Morgan fingerprint density at radius 2 is 2.05 bits per heavy atom. The molecule has 0 atom stereocenters. The number of aryl methyl sites for hydroxylation is 1. The summed E-state index contributed by atoms with van der Waals surface area (Å²) in [5, 5.41) is 4.69. The maximum atomic E-state index is 5.19. The maximum Gasteiger partial charge on any atom is 0.118 e. The Morgan fingerprint density at radius 3 is 2.68 bits per heavy atom. The van der Waals surface area contributed by atoms with Crippen molar-refractivity contribution < 1.29 is 4.74 Å². The lowest BCUT2D eigenvalue weighted by Gasteiger charge is -2.01. The van der Waals surface area contributed by atoms with Crippen molar-refractivity contribution in [3.63, 3.8) is 0 Å². The van der Waals surface area contributed by atoms with Crippen molar-refractivity contribution >= 4 is 11.3 Å². The Bertz CT molecular complexity index is 558. The van der Waals surface area contributed by atoms with Gasteiger partial charge in [-0.2, -0.15) is 0 Å². The Labute approximate surface area is 117 Å². The first kappa shape index (κ1) is 12.6. The fraction of sp³-hybridized carbons (Fsp3) is 0.400. The summed E-state index contributed by atoms with van der Waals surface area (Å²) >= 11 is 1.78. The zero-order valence-electron chi connectivity index (χ0n) is 11.3. The Balaban J connectivity index is 1.78. The average molecular weight is 274 g/mol. The summed E-state index contributed by atoms with van der Waals surface area (Å²) in [5.41, 5.74) is 2.33. The molecule has 1 aromatic carbocycles. The summed E-state index contributed by atoms with van der Waals surface area (Å²) in [6.45, 7) is 2.98. The third-order valence-electron chi connectivity index (χ3n) is 3.31. The van der Waals surface area contributed by atoms with Gasteiger partial charge in [0.05, 0.1) is 17.7 Å². The largest absolute Gasteiger partial charge is 0.497 e. The van der Waals surface area contributed by atoms with E-state index in [0.717, 1.165) is 24.0 Å². The standard InChI is InChI=1S/C15H18N2OS/c1-10-15(11-3-7-13(18-2)8-4-11)19-14(17-10)9-16-12-5-6-12/h3-4,7-8,12,16H,5-6,9H2,1-2H3. The molecule has 0 spiro atoms. The van der Waals surface area contributed by atoms with Gasteiger partial charge >= 0.3 is 0 Å². The molecule has 0 unspecified atom stereocenters. The van der Waals surface area contributed by atoms with E-state index < -0.39 is 0 Å². The van der Waals surface area contributed by atoms with E-state index in [9.17, 15) is 0 Å². The molecule has 1 aliphatic carbocycles. The van der Waals surface area contributed by atoms with Crippen LogP contribution < -0.4 is 10.1 Å². The van der Waals surface area contributed by atoms with Gasteiger partial charge in [-0.15, -0.1) is 11.3 Å². The second kappa shape index (κ2) is 5.31.